The van der Waals surface area contributed by atoms with Gasteiger partial charge in [-0.05, 0) is 45.4 Å². The number of nitrogens with one attached hydrogen (secondary N) is 1. The van der Waals surface area contributed by atoms with Gasteiger partial charge in [-0.2, -0.15) is 13.2 Å². The molecule has 2 N–H and O–H groups in total. The maximum absolute atomic E-state index is 13.0. The van der Waals surface area contributed by atoms with E-state index >= 15 is 0 Å². The summed E-state index contributed by atoms with van der Waals surface area (Å²) in [7, 11) is 1.33. The van der Waals surface area contributed by atoms with Gasteiger partial charge in [0.1, 0.15) is 18.2 Å². The van der Waals surface area contributed by atoms with Gasteiger partial charge in [-0.25, -0.2) is 9.78 Å². The van der Waals surface area contributed by atoms with Gasteiger partial charge in [0.25, 0.3) is 5.91 Å². The Hall–Kier alpha value is -2.60. The van der Waals surface area contributed by atoms with Crippen molar-refractivity contribution >= 4 is 11.9 Å². The van der Waals surface area contributed by atoms with Gasteiger partial charge in [0, 0.05) is 25.3 Å². The maximum Gasteiger partial charge on any atom is 0.389 e. The first-order chi connectivity index (χ1) is 17.6. The molecule has 0 aromatic carbocycles. The first-order valence-corrected chi connectivity index (χ1v) is 12.7. The number of methoxy groups -OCH3 is 1. The third-order valence-electron chi connectivity index (χ3n) is 6.61. The maximum atomic E-state index is 13.0. The number of ether oxygens (including phenoxy) is 4. The molecule has 2 heterocycles. The van der Waals surface area contributed by atoms with Gasteiger partial charge in [0.05, 0.1) is 19.3 Å². The lowest BCUT2D eigenvalue weighted by atomic mass is 10.0. The van der Waals surface area contributed by atoms with E-state index in [-0.39, 0.29) is 37.0 Å². The van der Waals surface area contributed by atoms with Crippen molar-refractivity contribution in [3.05, 3.63) is 18.0 Å². The van der Waals surface area contributed by atoms with Gasteiger partial charge in [-0.15, -0.1) is 0 Å². The number of halogens is 3. The van der Waals surface area contributed by atoms with E-state index in [1.165, 1.54) is 19.4 Å². The zero-order valence-electron chi connectivity index (χ0n) is 21.1. The molecule has 0 radical (unpaired) electrons. The molecular weight excluding hydrogens is 497 g/mol. The summed E-state index contributed by atoms with van der Waals surface area (Å²) < 4.78 is 60.5. The highest BCUT2D eigenvalue weighted by Crippen LogP contribution is 2.30. The standard InChI is InChI=1S/C25H35F3N2O7/c1-15-22(35-14-6-12-25(26,27)28)19(37-16-7-3-4-8-16)10-5-9-17(24(33)36-15)30-23(32)20-21(31)18(34-2)11-13-29-20/h11,13,15-17,19,22,31H,3-10,12,14H2,1-2H3,(H,30,32)/t15-,17-,19-,22-/m0/s1. The van der Waals surface area contributed by atoms with Crippen molar-refractivity contribution in [3.8, 4) is 11.5 Å². The molecule has 208 valence electrons. The fourth-order valence-corrected chi connectivity index (χ4v) is 4.72. The molecule has 1 saturated carbocycles. The first kappa shape index (κ1) is 29.0. The van der Waals surface area contributed by atoms with Gasteiger partial charge >= 0.3 is 12.1 Å². The average Bonchev–Trinajstić information content (AvgIpc) is 3.35. The smallest absolute Gasteiger partial charge is 0.389 e. The number of pyridine rings is 1. The highest BCUT2D eigenvalue weighted by Gasteiger charge is 2.37. The SMILES string of the molecule is COc1ccnc(C(=O)N[C@H]2CCC[C@H](OC3CCCC3)[C@@H](OCCCC(F)(F)F)[C@H](C)OC2=O)c1O. The second-order valence-corrected chi connectivity index (χ2v) is 9.44. The van der Waals surface area contributed by atoms with Crippen molar-refractivity contribution in [1.29, 1.82) is 0 Å². The van der Waals surface area contributed by atoms with Crippen LogP contribution in [0.1, 0.15) is 75.2 Å². The Labute approximate surface area is 214 Å². The average molecular weight is 533 g/mol. The molecule has 1 aromatic heterocycles. The number of amides is 1. The molecule has 0 spiro atoms. The van der Waals surface area contributed by atoms with E-state index in [1.54, 1.807) is 6.92 Å². The third kappa shape index (κ3) is 8.46. The third-order valence-corrected chi connectivity index (χ3v) is 6.61. The van der Waals surface area contributed by atoms with Crippen LogP contribution < -0.4 is 10.1 Å². The fourth-order valence-electron chi connectivity index (χ4n) is 4.72. The van der Waals surface area contributed by atoms with E-state index < -0.39 is 54.6 Å². The Balaban J connectivity index is 1.71. The molecule has 1 aliphatic heterocycles. The molecule has 1 aliphatic carbocycles. The van der Waals surface area contributed by atoms with Crippen molar-refractivity contribution < 1.29 is 46.8 Å². The Bertz CT molecular complexity index is 909. The summed E-state index contributed by atoms with van der Waals surface area (Å²) in [5, 5.41) is 12.8. The molecule has 2 fully saturated rings. The zero-order chi connectivity index (χ0) is 27.0. The van der Waals surface area contributed by atoms with Gasteiger partial charge in [-0.3, -0.25) is 4.79 Å². The van der Waals surface area contributed by atoms with Crippen LogP contribution in [-0.2, 0) is 19.0 Å². The number of nitrogens with zero attached hydrogens (tertiary/aromatic N) is 1. The number of hydrogen-bond donors (Lipinski definition) is 2. The van der Waals surface area contributed by atoms with Crippen LogP contribution >= 0.6 is 0 Å². The molecule has 1 saturated heterocycles. The molecule has 3 rings (SSSR count). The molecule has 1 aromatic rings. The minimum absolute atomic E-state index is 0.0209. The zero-order valence-corrected chi connectivity index (χ0v) is 21.1. The van der Waals surface area contributed by atoms with Crippen LogP contribution in [0.15, 0.2) is 12.3 Å². The number of rotatable bonds is 9. The second kappa shape index (κ2) is 13.3. The van der Waals surface area contributed by atoms with E-state index in [0.29, 0.717) is 12.8 Å². The molecule has 0 unspecified atom stereocenters. The molecule has 4 atom stereocenters. The summed E-state index contributed by atoms with van der Waals surface area (Å²) in [6.07, 6.45) is -1.19. The molecule has 1 amide bonds. The summed E-state index contributed by atoms with van der Waals surface area (Å²) in [5.41, 5.74) is -0.298. The van der Waals surface area contributed by atoms with Crippen molar-refractivity contribution in [3.63, 3.8) is 0 Å². The summed E-state index contributed by atoms with van der Waals surface area (Å²) in [6.45, 7) is 1.45. The van der Waals surface area contributed by atoms with Crippen LogP contribution in [0.2, 0.25) is 0 Å². The van der Waals surface area contributed by atoms with Crippen molar-refractivity contribution in [2.45, 2.75) is 101 Å². The molecule has 2 aliphatic rings. The predicted octanol–water partition coefficient (Wildman–Crippen LogP) is 4.07. The lowest BCUT2D eigenvalue weighted by Crippen LogP contribution is -2.46. The fraction of sp³-hybridized carbons (Fsp3) is 0.720. The predicted molar refractivity (Wildman–Crippen MR) is 125 cm³/mol. The van der Waals surface area contributed by atoms with Crippen molar-refractivity contribution in [2.24, 2.45) is 0 Å². The van der Waals surface area contributed by atoms with Gasteiger partial charge in [-0.1, -0.05) is 12.8 Å². The van der Waals surface area contributed by atoms with Crippen LogP contribution in [-0.4, -0.2) is 72.3 Å². The van der Waals surface area contributed by atoms with E-state index in [2.05, 4.69) is 10.3 Å². The van der Waals surface area contributed by atoms with Gasteiger partial charge in [0.2, 0.25) is 0 Å². The van der Waals surface area contributed by atoms with Gasteiger partial charge < -0.3 is 29.4 Å². The second-order valence-electron chi connectivity index (χ2n) is 9.44. The lowest BCUT2D eigenvalue weighted by molar-refractivity contribution is -0.174. The quantitative estimate of drug-likeness (QED) is 0.361. The molecule has 37 heavy (non-hydrogen) atoms. The van der Waals surface area contributed by atoms with E-state index in [0.717, 1.165) is 25.7 Å². The highest BCUT2D eigenvalue weighted by molar-refractivity contribution is 5.97. The van der Waals surface area contributed by atoms with Crippen molar-refractivity contribution in [2.75, 3.05) is 13.7 Å². The van der Waals surface area contributed by atoms with Crippen LogP contribution in [0.5, 0.6) is 11.5 Å². The molecular formula is C25H35F3N2O7. The highest BCUT2D eigenvalue weighted by atomic mass is 19.4. The molecule has 12 heteroatoms. The Morgan fingerprint density at radius 2 is 1.95 bits per heavy atom. The minimum atomic E-state index is -4.28. The minimum Gasteiger partial charge on any atom is -0.503 e. The summed E-state index contributed by atoms with van der Waals surface area (Å²) in [6, 6.07) is 0.361. The Kier molecular flexibility index (Phi) is 10.4. The number of hydrogen-bond acceptors (Lipinski definition) is 8. The Morgan fingerprint density at radius 3 is 2.62 bits per heavy atom. The Morgan fingerprint density at radius 1 is 1.22 bits per heavy atom. The summed E-state index contributed by atoms with van der Waals surface area (Å²) in [5.74, 6) is -1.88. The summed E-state index contributed by atoms with van der Waals surface area (Å²) >= 11 is 0. The van der Waals surface area contributed by atoms with Gasteiger partial charge in [0.15, 0.2) is 17.2 Å². The molecule has 0 bridgehead atoms. The number of carbonyl (C=O) groups excluding carboxylic acids is 2. The lowest BCUT2D eigenvalue weighted by Gasteiger charge is -2.33. The van der Waals surface area contributed by atoms with E-state index in [4.69, 9.17) is 18.9 Å². The van der Waals surface area contributed by atoms with Crippen LogP contribution in [0, 0.1) is 0 Å². The summed E-state index contributed by atoms with van der Waals surface area (Å²) in [4.78, 5) is 29.6. The van der Waals surface area contributed by atoms with Crippen LogP contribution in [0.4, 0.5) is 13.2 Å². The van der Waals surface area contributed by atoms with Crippen LogP contribution in [0.25, 0.3) is 0 Å². The number of esters is 1. The number of carbonyl (C=O) groups is 2. The largest absolute Gasteiger partial charge is 0.503 e. The van der Waals surface area contributed by atoms with Crippen LogP contribution in [0.3, 0.4) is 0 Å². The van der Waals surface area contributed by atoms with E-state index in [1.807, 2.05) is 0 Å². The molecule has 9 nitrogen and oxygen atoms in total. The monoisotopic (exact) mass is 532 g/mol. The first-order valence-electron chi connectivity index (χ1n) is 12.7. The van der Waals surface area contributed by atoms with E-state index in [9.17, 15) is 27.9 Å². The van der Waals surface area contributed by atoms with Crippen molar-refractivity contribution in [1.82, 2.24) is 10.3 Å². The normalized spacial score (nSPS) is 25.6. The number of aromatic nitrogens is 1. The number of cyclic esters (lactones) is 1. The number of alkyl halides is 3. The number of aromatic hydroxyl groups is 1. The topological polar surface area (TPSA) is 116 Å².